The molecule has 168 valence electrons. The molecule has 0 saturated carbocycles. The van der Waals surface area contributed by atoms with Gasteiger partial charge in [0.15, 0.2) is 22.9 Å². The molecule has 9 nitrogen and oxygen atoms in total. The zero-order chi connectivity index (χ0) is 23.1. The second-order valence-electron chi connectivity index (χ2n) is 7.25. The fraction of sp³-hybridized carbons (Fsp3) is 0.190. The van der Waals surface area contributed by atoms with Gasteiger partial charge in [-0.25, -0.2) is 37.6 Å². The largest absolute Gasteiger partial charge is 0.371 e. The summed E-state index contributed by atoms with van der Waals surface area (Å²) in [5.41, 5.74) is 0.796. The number of hydrogen-bond acceptors (Lipinski definition) is 6. The van der Waals surface area contributed by atoms with Crippen LogP contribution in [0.4, 0.5) is 19.0 Å². The van der Waals surface area contributed by atoms with Crippen LogP contribution in [0.1, 0.15) is 5.56 Å². The first-order chi connectivity index (χ1) is 16.0. The number of benzene rings is 1. The van der Waals surface area contributed by atoms with Crippen LogP contribution in [0.25, 0.3) is 33.7 Å². The lowest BCUT2D eigenvalue weighted by atomic mass is 10.2. The van der Waals surface area contributed by atoms with E-state index in [9.17, 15) is 18.0 Å². The van der Waals surface area contributed by atoms with E-state index in [4.69, 9.17) is 0 Å². The third-order valence-electron chi connectivity index (χ3n) is 5.18. The molecule has 0 aliphatic rings. The first-order valence-corrected chi connectivity index (χ1v) is 9.98. The van der Waals surface area contributed by atoms with Crippen LogP contribution >= 0.6 is 0 Å². The lowest BCUT2D eigenvalue weighted by molar-refractivity contribution is 0.127. The van der Waals surface area contributed by atoms with Crippen molar-refractivity contribution >= 4 is 28.0 Å². The fourth-order valence-electron chi connectivity index (χ4n) is 3.73. The fourth-order valence-corrected chi connectivity index (χ4v) is 3.73. The number of aromatic nitrogens is 7. The molecule has 12 heteroatoms. The Morgan fingerprint density at radius 2 is 1.97 bits per heavy atom. The molecule has 0 aliphatic carbocycles. The highest BCUT2D eigenvalue weighted by Crippen LogP contribution is 2.28. The lowest BCUT2D eigenvalue weighted by Crippen LogP contribution is -2.21. The number of nitrogens with one attached hydrogen (secondary N) is 2. The first kappa shape index (κ1) is 20.7. The molecule has 0 unspecified atom stereocenters. The summed E-state index contributed by atoms with van der Waals surface area (Å²) in [5, 5.41) is 8.02. The summed E-state index contributed by atoms with van der Waals surface area (Å²) in [6.45, 7) is -0.663. The minimum atomic E-state index is -2.73. The van der Waals surface area contributed by atoms with Crippen LogP contribution in [0.3, 0.4) is 0 Å². The molecule has 4 heterocycles. The van der Waals surface area contributed by atoms with Gasteiger partial charge in [-0.05, 0) is 18.2 Å². The van der Waals surface area contributed by atoms with Crippen LogP contribution in [0.5, 0.6) is 0 Å². The van der Waals surface area contributed by atoms with Gasteiger partial charge in [0.2, 0.25) is 0 Å². The summed E-state index contributed by atoms with van der Waals surface area (Å²) >= 11 is 0. The number of imidazole rings is 1. The second kappa shape index (κ2) is 8.04. The van der Waals surface area contributed by atoms with Gasteiger partial charge in [0.05, 0.1) is 18.5 Å². The van der Waals surface area contributed by atoms with Crippen LogP contribution in [-0.4, -0.2) is 47.8 Å². The van der Waals surface area contributed by atoms with Gasteiger partial charge in [-0.1, -0.05) is 18.2 Å². The predicted molar refractivity (Wildman–Crippen MR) is 116 cm³/mol. The van der Waals surface area contributed by atoms with Crippen molar-refractivity contribution in [1.82, 2.24) is 34.3 Å². The SMILES string of the molecule is CNc1nc(-c2nn(Cc3ccccc3F)c3ncccc23)nc2[nH]c(=O)n(CC(F)F)c12. The molecular formula is C21H17F3N8O. The van der Waals surface area contributed by atoms with E-state index in [-0.39, 0.29) is 35.2 Å². The van der Waals surface area contributed by atoms with Crippen LogP contribution in [0.15, 0.2) is 47.4 Å². The minimum Gasteiger partial charge on any atom is -0.371 e. The Morgan fingerprint density at radius 1 is 1.15 bits per heavy atom. The molecule has 0 atom stereocenters. The summed E-state index contributed by atoms with van der Waals surface area (Å²) in [6, 6.07) is 9.86. The second-order valence-corrected chi connectivity index (χ2v) is 7.25. The maximum absolute atomic E-state index is 14.2. The molecule has 0 fully saturated rings. The summed E-state index contributed by atoms with van der Waals surface area (Å²) in [7, 11) is 1.56. The van der Waals surface area contributed by atoms with Crippen molar-refractivity contribution < 1.29 is 13.2 Å². The molecule has 0 amide bonds. The summed E-state index contributed by atoms with van der Waals surface area (Å²) in [5.74, 6) is -0.0241. The highest BCUT2D eigenvalue weighted by Gasteiger charge is 2.22. The molecule has 0 saturated heterocycles. The zero-order valence-corrected chi connectivity index (χ0v) is 17.3. The molecule has 4 aromatic heterocycles. The van der Waals surface area contributed by atoms with Gasteiger partial charge in [-0.15, -0.1) is 0 Å². The molecular weight excluding hydrogens is 437 g/mol. The van der Waals surface area contributed by atoms with Crippen molar-refractivity contribution in [2.24, 2.45) is 0 Å². The monoisotopic (exact) mass is 454 g/mol. The van der Waals surface area contributed by atoms with E-state index < -0.39 is 18.7 Å². The number of anilines is 1. The van der Waals surface area contributed by atoms with Crippen LogP contribution in [0, 0.1) is 5.82 Å². The first-order valence-electron chi connectivity index (χ1n) is 9.98. The van der Waals surface area contributed by atoms with E-state index in [0.29, 0.717) is 22.3 Å². The number of hydrogen-bond donors (Lipinski definition) is 2. The van der Waals surface area contributed by atoms with Crippen molar-refractivity contribution in [2.75, 3.05) is 12.4 Å². The Kier molecular flexibility index (Phi) is 5.04. The maximum atomic E-state index is 14.2. The molecule has 0 aliphatic heterocycles. The van der Waals surface area contributed by atoms with Gasteiger partial charge in [0.1, 0.15) is 17.0 Å². The molecule has 5 rings (SSSR count). The Balaban J connectivity index is 1.69. The van der Waals surface area contributed by atoms with E-state index in [1.807, 2.05) is 0 Å². The van der Waals surface area contributed by atoms with Gasteiger partial charge >= 0.3 is 5.69 Å². The number of nitrogens with zero attached hydrogens (tertiary/aromatic N) is 6. The van der Waals surface area contributed by atoms with E-state index in [1.165, 1.54) is 6.07 Å². The molecule has 0 bridgehead atoms. The predicted octanol–water partition coefficient (Wildman–Crippen LogP) is 3.03. The number of H-pyrrole nitrogens is 1. The lowest BCUT2D eigenvalue weighted by Gasteiger charge is -2.07. The number of pyridine rings is 1. The van der Waals surface area contributed by atoms with Crippen LogP contribution in [0.2, 0.25) is 0 Å². The topological polar surface area (TPSA) is 106 Å². The average Bonchev–Trinajstić information content (AvgIpc) is 3.32. The van der Waals surface area contributed by atoms with E-state index in [1.54, 1.807) is 48.3 Å². The van der Waals surface area contributed by atoms with Gasteiger partial charge in [0, 0.05) is 18.8 Å². The van der Waals surface area contributed by atoms with E-state index >= 15 is 0 Å². The Bertz CT molecular complexity index is 1540. The highest BCUT2D eigenvalue weighted by atomic mass is 19.3. The number of halogens is 3. The molecule has 2 N–H and O–H groups in total. The van der Waals surface area contributed by atoms with Crippen molar-refractivity contribution in [3.8, 4) is 11.5 Å². The van der Waals surface area contributed by atoms with Gasteiger partial charge in [-0.3, -0.25) is 9.55 Å². The smallest absolute Gasteiger partial charge is 0.327 e. The Morgan fingerprint density at radius 3 is 2.73 bits per heavy atom. The zero-order valence-electron chi connectivity index (χ0n) is 17.3. The minimum absolute atomic E-state index is 0.0932. The third kappa shape index (κ3) is 3.58. The molecule has 1 aromatic carbocycles. The van der Waals surface area contributed by atoms with Gasteiger partial charge in [0.25, 0.3) is 6.43 Å². The maximum Gasteiger partial charge on any atom is 0.327 e. The molecule has 0 spiro atoms. The third-order valence-corrected chi connectivity index (χ3v) is 5.18. The van der Waals surface area contributed by atoms with Crippen LogP contribution < -0.4 is 11.0 Å². The van der Waals surface area contributed by atoms with E-state index in [2.05, 4.69) is 30.4 Å². The van der Waals surface area contributed by atoms with Crippen molar-refractivity contribution in [2.45, 2.75) is 19.5 Å². The summed E-state index contributed by atoms with van der Waals surface area (Å²) < 4.78 is 42.6. The van der Waals surface area contributed by atoms with Crippen molar-refractivity contribution in [3.05, 3.63) is 64.5 Å². The van der Waals surface area contributed by atoms with Gasteiger partial charge in [-0.2, -0.15) is 5.10 Å². The van der Waals surface area contributed by atoms with Crippen molar-refractivity contribution in [1.29, 1.82) is 0 Å². The van der Waals surface area contributed by atoms with E-state index in [0.717, 1.165) is 4.57 Å². The normalized spacial score (nSPS) is 11.7. The van der Waals surface area contributed by atoms with Gasteiger partial charge < -0.3 is 5.32 Å². The summed E-state index contributed by atoms with van der Waals surface area (Å²) in [4.78, 5) is 27.9. The number of rotatable bonds is 6. The molecule has 5 aromatic rings. The number of alkyl halides is 2. The summed E-state index contributed by atoms with van der Waals surface area (Å²) in [6.07, 6.45) is -1.13. The molecule has 33 heavy (non-hydrogen) atoms. The van der Waals surface area contributed by atoms with Crippen LogP contribution in [-0.2, 0) is 13.1 Å². The average molecular weight is 454 g/mol. The number of fused-ring (bicyclic) bond motifs is 2. The number of aromatic amines is 1. The molecule has 0 radical (unpaired) electrons. The Hall–Kier alpha value is -4.22. The highest BCUT2D eigenvalue weighted by molar-refractivity contribution is 5.92. The quantitative estimate of drug-likeness (QED) is 0.409. The van der Waals surface area contributed by atoms with Crippen molar-refractivity contribution in [3.63, 3.8) is 0 Å². The standard InChI is InChI=1S/C21H17F3N8O/c1-25-18-16-19(29-21(33)31(16)10-14(23)24)28-17(27-18)15-12-6-4-8-26-20(12)32(30-15)9-11-5-2-3-7-13(11)22/h2-8,14H,9-10H2,1H3,(H2,25,27,28,29,33). The Labute approximate surface area is 183 Å².